The van der Waals surface area contributed by atoms with Gasteiger partial charge < -0.3 is 19.7 Å². The van der Waals surface area contributed by atoms with E-state index in [4.69, 9.17) is 21.7 Å². The van der Waals surface area contributed by atoms with E-state index in [2.05, 4.69) is 21.1 Å². The smallest absolute Gasteiger partial charge is 0.207 e. The SMILES string of the molecule is CCOc1cc(/C=N\NC(=S)N/N=C/c2ccc(O)c(OCC)c2)ccc1O. The third-order valence-electron chi connectivity index (χ3n) is 3.33. The molecule has 9 heteroatoms. The lowest BCUT2D eigenvalue weighted by atomic mass is 10.2. The lowest BCUT2D eigenvalue weighted by Gasteiger charge is -2.06. The largest absolute Gasteiger partial charge is 0.504 e. The summed E-state index contributed by atoms with van der Waals surface area (Å²) in [5.41, 5.74) is 6.72. The lowest BCUT2D eigenvalue weighted by Crippen LogP contribution is -2.28. The van der Waals surface area contributed by atoms with Gasteiger partial charge in [0.15, 0.2) is 23.0 Å². The third kappa shape index (κ3) is 6.44. The number of phenols is 2. The van der Waals surface area contributed by atoms with E-state index in [1.807, 2.05) is 13.8 Å². The van der Waals surface area contributed by atoms with Crippen LogP contribution in [0.2, 0.25) is 0 Å². The molecule has 0 aliphatic heterocycles. The number of hydrazone groups is 2. The summed E-state index contributed by atoms with van der Waals surface area (Å²) in [4.78, 5) is 0. The zero-order valence-electron chi connectivity index (χ0n) is 15.5. The molecule has 0 aliphatic rings. The Hall–Kier alpha value is -3.33. The van der Waals surface area contributed by atoms with E-state index in [1.165, 1.54) is 24.6 Å². The number of thiocarbonyl (C=S) groups is 1. The molecule has 0 radical (unpaired) electrons. The van der Waals surface area contributed by atoms with E-state index in [0.717, 1.165) is 11.1 Å². The van der Waals surface area contributed by atoms with Gasteiger partial charge in [0.25, 0.3) is 0 Å². The van der Waals surface area contributed by atoms with E-state index in [9.17, 15) is 10.2 Å². The van der Waals surface area contributed by atoms with Gasteiger partial charge in [0, 0.05) is 0 Å². The molecule has 0 bridgehead atoms. The van der Waals surface area contributed by atoms with Crippen LogP contribution in [0.1, 0.15) is 25.0 Å². The van der Waals surface area contributed by atoms with Gasteiger partial charge >= 0.3 is 0 Å². The molecule has 0 aromatic heterocycles. The van der Waals surface area contributed by atoms with Crippen molar-refractivity contribution in [2.24, 2.45) is 10.2 Å². The van der Waals surface area contributed by atoms with Gasteiger partial charge in [-0.05, 0) is 73.6 Å². The van der Waals surface area contributed by atoms with E-state index >= 15 is 0 Å². The van der Waals surface area contributed by atoms with Gasteiger partial charge in [-0.3, -0.25) is 10.9 Å². The summed E-state index contributed by atoms with van der Waals surface area (Å²) in [6.07, 6.45) is 3.07. The Morgan fingerprint density at radius 1 is 0.893 bits per heavy atom. The van der Waals surface area contributed by atoms with Gasteiger partial charge in [-0.1, -0.05) is 0 Å². The van der Waals surface area contributed by atoms with Crippen LogP contribution < -0.4 is 20.3 Å². The van der Waals surface area contributed by atoms with Crippen molar-refractivity contribution in [3.8, 4) is 23.0 Å². The molecule has 8 nitrogen and oxygen atoms in total. The summed E-state index contributed by atoms with van der Waals surface area (Å²) in [7, 11) is 0. The Morgan fingerprint density at radius 2 is 1.32 bits per heavy atom. The molecule has 2 aromatic rings. The molecule has 28 heavy (non-hydrogen) atoms. The van der Waals surface area contributed by atoms with E-state index in [0.29, 0.717) is 24.7 Å². The highest BCUT2D eigenvalue weighted by molar-refractivity contribution is 7.80. The number of nitrogens with one attached hydrogen (secondary N) is 2. The minimum atomic E-state index is 0.0696. The number of benzene rings is 2. The van der Waals surface area contributed by atoms with Gasteiger partial charge in [0.1, 0.15) is 0 Å². The molecule has 0 spiro atoms. The monoisotopic (exact) mass is 402 g/mol. The lowest BCUT2D eigenvalue weighted by molar-refractivity contribution is 0.318. The van der Waals surface area contributed by atoms with Crippen LogP contribution in [0.5, 0.6) is 23.0 Å². The molecule has 4 N–H and O–H groups in total. The van der Waals surface area contributed by atoms with Gasteiger partial charge in [0.05, 0.1) is 25.6 Å². The van der Waals surface area contributed by atoms with Crippen molar-refractivity contribution >= 4 is 29.8 Å². The first kappa shape index (κ1) is 21.0. The first-order valence-corrected chi connectivity index (χ1v) is 8.98. The summed E-state index contributed by atoms with van der Waals surface area (Å²) >= 11 is 5.08. The first-order valence-electron chi connectivity index (χ1n) is 8.57. The summed E-state index contributed by atoms with van der Waals surface area (Å²) in [6.45, 7) is 4.57. The second-order valence-electron chi connectivity index (χ2n) is 5.39. The third-order valence-corrected chi connectivity index (χ3v) is 3.51. The van der Waals surface area contributed by atoms with Crippen molar-refractivity contribution in [2.75, 3.05) is 13.2 Å². The second kappa shape index (κ2) is 10.7. The maximum atomic E-state index is 9.68. The van der Waals surface area contributed by atoms with Crippen LogP contribution in [0.3, 0.4) is 0 Å². The Balaban J connectivity index is 1.87. The zero-order valence-corrected chi connectivity index (χ0v) is 16.4. The van der Waals surface area contributed by atoms with Crippen molar-refractivity contribution in [2.45, 2.75) is 13.8 Å². The minimum Gasteiger partial charge on any atom is -0.504 e. The molecule has 0 saturated carbocycles. The van der Waals surface area contributed by atoms with Crippen LogP contribution in [0, 0.1) is 0 Å². The number of nitrogens with zero attached hydrogens (tertiary/aromatic N) is 2. The molecular formula is C19H22N4O4S. The van der Waals surface area contributed by atoms with Crippen LogP contribution in [0.15, 0.2) is 46.6 Å². The molecule has 2 aromatic carbocycles. The predicted molar refractivity (Wildman–Crippen MR) is 113 cm³/mol. The summed E-state index contributed by atoms with van der Waals surface area (Å²) < 4.78 is 10.6. The molecular weight excluding hydrogens is 380 g/mol. The Labute approximate surface area is 168 Å². The zero-order chi connectivity index (χ0) is 20.4. The number of aromatic hydroxyl groups is 2. The highest BCUT2D eigenvalue weighted by Crippen LogP contribution is 2.26. The van der Waals surface area contributed by atoms with Crippen LogP contribution in [-0.2, 0) is 0 Å². The fourth-order valence-electron chi connectivity index (χ4n) is 2.12. The van der Waals surface area contributed by atoms with Crippen molar-refractivity contribution in [1.29, 1.82) is 0 Å². The molecule has 0 heterocycles. The Kier molecular flexibility index (Phi) is 8.04. The summed E-state index contributed by atoms with van der Waals surface area (Å²) in [5, 5.41) is 27.6. The van der Waals surface area contributed by atoms with E-state index in [1.54, 1.807) is 24.3 Å². The van der Waals surface area contributed by atoms with Crippen LogP contribution in [0.25, 0.3) is 0 Å². The van der Waals surface area contributed by atoms with Gasteiger partial charge in [-0.25, -0.2) is 0 Å². The normalized spacial score (nSPS) is 10.9. The molecule has 2 rings (SSSR count). The Bertz CT molecular complexity index is 802. The topological polar surface area (TPSA) is 108 Å². The van der Waals surface area contributed by atoms with Crippen molar-refractivity contribution in [1.82, 2.24) is 10.9 Å². The predicted octanol–water partition coefficient (Wildman–Crippen LogP) is 2.73. The number of hydrogen-bond acceptors (Lipinski definition) is 7. The van der Waals surface area contributed by atoms with E-state index < -0.39 is 0 Å². The quantitative estimate of drug-likeness (QED) is 0.305. The average molecular weight is 402 g/mol. The highest BCUT2D eigenvalue weighted by Gasteiger charge is 2.03. The van der Waals surface area contributed by atoms with Gasteiger partial charge in [-0.2, -0.15) is 10.2 Å². The highest BCUT2D eigenvalue weighted by atomic mass is 32.1. The summed E-state index contributed by atoms with van der Waals surface area (Å²) in [6, 6.07) is 9.78. The molecule has 148 valence electrons. The molecule has 0 unspecified atom stereocenters. The van der Waals surface area contributed by atoms with Crippen molar-refractivity contribution < 1.29 is 19.7 Å². The van der Waals surface area contributed by atoms with Crippen LogP contribution in [0.4, 0.5) is 0 Å². The molecule has 0 fully saturated rings. The Morgan fingerprint density at radius 3 is 1.71 bits per heavy atom. The van der Waals surface area contributed by atoms with Gasteiger partial charge in [-0.15, -0.1) is 0 Å². The molecule has 0 saturated heterocycles. The number of hydrogen-bond donors (Lipinski definition) is 4. The maximum Gasteiger partial charge on any atom is 0.207 e. The molecule has 0 atom stereocenters. The standard InChI is InChI=1S/C19H22N4O4S/c1-3-26-17-9-13(5-7-15(17)24)11-20-22-19(28)23-21-12-14-6-8-16(25)18(10-14)27-4-2/h5-12,24-25H,3-4H2,1-2H3,(H2,22,23,28)/b20-11-,21-12+. The molecule has 0 aliphatic carbocycles. The van der Waals surface area contributed by atoms with Gasteiger partial charge in [0.2, 0.25) is 5.11 Å². The minimum absolute atomic E-state index is 0.0696. The molecule has 0 amide bonds. The summed E-state index contributed by atoms with van der Waals surface area (Å²) in [5.74, 6) is 0.912. The number of rotatable bonds is 8. The average Bonchev–Trinajstić information content (AvgIpc) is 2.67. The fraction of sp³-hybridized carbons (Fsp3) is 0.211. The van der Waals surface area contributed by atoms with Crippen LogP contribution >= 0.6 is 12.2 Å². The first-order chi connectivity index (χ1) is 13.5. The van der Waals surface area contributed by atoms with E-state index in [-0.39, 0.29) is 16.6 Å². The maximum absolute atomic E-state index is 9.68. The second-order valence-corrected chi connectivity index (χ2v) is 5.80. The van der Waals surface area contributed by atoms with Crippen molar-refractivity contribution in [3.05, 3.63) is 47.5 Å². The van der Waals surface area contributed by atoms with Crippen molar-refractivity contribution in [3.63, 3.8) is 0 Å². The van der Waals surface area contributed by atoms with Crippen LogP contribution in [-0.4, -0.2) is 41.0 Å². The number of ether oxygens (including phenoxy) is 2. The fourth-order valence-corrected chi connectivity index (χ4v) is 2.23. The number of phenolic OH excluding ortho intramolecular Hbond substituents is 2.